The van der Waals surface area contributed by atoms with Crippen LogP contribution in [0, 0.1) is 0 Å². The van der Waals surface area contributed by atoms with E-state index in [-0.39, 0.29) is 0 Å². The molecule has 128 valence electrons. The van der Waals surface area contributed by atoms with E-state index in [0.29, 0.717) is 6.54 Å². The number of amides is 3. The van der Waals surface area contributed by atoms with E-state index < -0.39 is 18.0 Å². The van der Waals surface area contributed by atoms with Crippen molar-refractivity contribution in [2.24, 2.45) is 5.73 Å². The van der Waals surface area contributed by atoms with Crippen molar-refractivity contribution in [2.45, 2.75) is 12.5 Å². The van der Waals surface area contributed by atoms with E-state index in [1.165, 1.54) is 11.1 Å². The number of hydrogen-bond acceptors (Lipinski definition) is 3. The van der Waals surface area contributed by atoms with Crippen LogP contribution in [0.4, 0.5) is 4.79 Å². The lowest BCUT2D eigenvalue weighted by Crippen LogP contribution is -2.45. The van der Waals surface area contributed by atoms with Gasteiger partial charge in [-0.25, -0.2) is 4.79 Å². The Labute approximate surface area is 147 Å². The van der Waals surface area contributed by atoms with Crippen LogP contribution >= 0.6 is 0 Å². The first-order valence-electron chi connectivity index (χ1n) is 8.29. The summed E-state index contributed by atoms with van der Waals surface area (Å²) >= 11 is 0. The first kappa shape index (κ1) is 16.9. The van der Waals surface area contributed by atoms with E-state index in [9.17, 15) is 9.59 Å². The van der Waals surface area contributed by atoms with Crippen LogP contribution in [0.1, 0.15) is 23.6 Å². The van der Waals surface area contributed by atoms with Crippen molar-refractivity contribution in [1.29, 1.82) is 0 Å². The number of rotatable bonds is 4. The summed E-state index contributed by atoms with van der Waals surface area (Å²) in [6, 6.07) is 18.3. The molecule has 0 aliphatic carbocycles. The van der Waals surface area contributed by atoms with E-state index in [4.69, 9.17) is 5.73 Å². The third-order valence-electron chi connectivity index (χ3n) is 4.36. The van der Waals surface area contributed by atoms with Crippen molar-refractivity contribution in [3.63, 3.8) is 0 Å². The zero-order chi connectivity index (χ0) is 17.6. The maximum Gasteiger partial charge on any atom is 0.318 e. The lowest BCUT2D eigenvalue weighted by molar-refractivity contribution is -0.125. The minimum Gasteiger partial charge on any atom is -0.351 e. The summed E-state index contributed by atoms with van der Waals surface area (Å²) in [4.78, 5) is 25.7. The van der Waals surface area contributed by atoms with Gasteiger partial charge in [0.25, 0.3) is 0 Å². The van der Waals surface area contributed by atoms with Crippen LogP contribution in [0.25, 0.3) is 5.57 Å². The Balaban J connectivity index is 1.82. The molecular weight excluding hydrogens is 314 g/mol. The Morgan fingerprint density at radius 3 is 2.20 bits per heavy atom. The molecule has 0 fully saturated rings. The predicted octanol–water partition coefficient (Wildman–Crippen LogP) is 2.71. The maximum atomic E-state index is 12.5. The lowest BCUT2D eigenvalue weighted by atomic mass is 9.96. The fourth-order valence-corrected chi connectivity index (χ4v) is 3.19. The largest absolute Gasteiger partial charge is 0.351 e. The van der Waals surface area contributed by atoms with Crippen LogP contribution in [0.5, 0.6) is 0 Å². The summed E-state index contributed by atoms with van der Waals surface area (Å²) in [7, 11) is 0. The van der Waals surface area contributed by atoms with E-state index in [0.717, 1.165) is 18.5 Å². The molecule has 5 heteroatoms. The van der Waals surface area contributed by atoms with Gasteiger partial charge in [-0.15, -0.1) is 0 Å². The van der Waals surface area contributed by atoms with Gasteiger partial charge in [0.1, 0.15) is 6.04 Å². The molecule has 3 N–H and O–H groups in total. The Morgan fingerprint density at radius 1 is 1.00 bits per heavy atom. The fourth-order valence-electron chi connectivity index (χ4n) is 3.19. The van der Waals surface area contributed by atoms with Gasteiger partial charge in [0.2, 0.25) is 5.91 Å². The summed E-state index contributed by atoms with van der Waals surface area (Å²) in [6.45, 7) is 1.36. The number of carbonyl (C=O) groups excluding carboxylic acids is 2. The minimum atomic E-state index is -0.830. The van der Waals surface area contributed by atoms with Gasteiger partial charge in [-0.05, 0) is 23.1 Å². The molecule has 1 atom stereocenters. The van der Waals surface area contributed by atoms with Crippen molar-refractivity contribution in [3.8, 4) is 0 Å². The molecular formula is C20H21N3O2. The van der Waals surface area contributed by atoms with E-state index in [1.807, 2.05) is 48.5 Å². The number of primary amides is 1. The zero-order valence-corrected chi connectivity index (χ0v) is 13.9. The van der Waals surface area contributed by atoms with Gasteiger partial charge in [0, 0.05) is 13.1 Å². The maximum absolute atomic E-state index is 12.5. The lowest BCUT2D eigenvalue weighted by Gasteiger charge is -2.33. The zero-order valence-electron chi connectivity index (χ0n) is 13.9. The molecule has 0 saturated carbocycles. The second-order valence-corrected chi connectivity index (χ2v) is 6.01. The summed E-state index contributed by atoms with van der Waals surface area (Å²) in [5, 5.41) is 2.22. The Bertz CT molecular complexity index is 772. The molecule has 2 aromatic carbocycles. The van der Waals surface area contributed by atoms with Crippen molar-refractivity contribution in [3.05, 3.63) is 77.9 Å². The molecule has 1 aliphatic rings. The number of hydrogen-bond donors (Lipinski definition) is 2. The third-order valence-corrected chi connectivity index (χ3v) is 4.36. The smallest absolute Gasteiger partial charge is 0.318 e. The van der Waals surface area contributed by atoms with Gasteiger partial charge >= 0.3 is 6.03 Å². The molecule has 1 heterocycles. The van der Waals surface area contributed by atoms with Crippen molar-refractivity contribution >= 4 is 17.5 Å². The average Bonchev–Trinajstić information content (AvgIpc) is 2.63. The Hall–Kier alpha value is -2.92. The van der Waals surface area contributed by atoms with Crippen molar-refractivity contribution in [2.75, 3.05) is 13.1 Å². The highest BCUT2D eigenvalue weighted by molar-refractivity contribution is 5.96. The monoisotopic (exact) mass is 335 g/mol. The Morgan fingerprint density at radius 2 is 1.64 bits per heavy atom. The number of benzene rings is 2. The van der Waals surface area contributed by atoms with Gasteiger partial charge in [-0.1, -0.05) is 66.7 Å². The molecule has 3 amide bonds. The normalized spacial score (nSPS) is 15.9. The highest BCUT2D eigenvalue weighted by atomic mass is 16.2. The summed E-state index contributed by atoms with van der Waals surface area (Å²) < 4.78 is 0. The number of nitrogens with two attached hydrogens (primary N) is 1. The number of urea groups is 1. The molecule has 5 nitrogen and oxygen atoms in total. The number of nitrogens with one attached hydrogen (secondary N) is 1. The highest BCUT2D eigenvalue weighted by Gasteiger charge is 2.29. The van der Waals surface area contributed by atoms with E-state index >= 15 is 0 Å². The standard InChI is InChI=1S/C20H21N3O2/c21-20(25)22-19(24)18(17-9-5-2-6-10-17)23-13-11-16(12-14-23)15-7-3-1-4-8-15/h1-11,18H,12-14H2,(H3,21,22,24,25)/t18-/m1/s1. The first-order valence-corrected chi connectivity index (χ1v) is 8.29. The van der Waals surface area contributed by atoms with Crippen LogP contribution in [0.15, 0.2) is 66.7 Å². The van der Waals surface area contributed by atoms with Gasteiger partial charge in [-0.2, -0.15) is 0 Å². The van der Waals surface area contributed by atoms with Crippen LogP contribution < -0.4 is 11.1 Å². The third kappa shape index (κ3) is 4.14. The molecule has 0 bridgehead atoms. The Kier molecular flexibility index (Phi) is 5.26. The van der Waals surface area contributed by atoms with Gasteiger partial charge < -0.3 is 5.73 Å². The van der Waals surface area contributed by atoms with Crippen molar-refractivity contribution in [1.82, 2.24) is 10.2 Å². The minimum absolute atomic E-state index is 0.393. The SMILES string of the molecule is NC(=O)NC(=O)[C@@H](c1ccccc1)N1CC=C(c2ccccc2)CC1. The van der Waals surface area contributed by atoms with Crippen LogP contribution in [0.3, 0.4) is 0 Å². The van der Waals surface area contributed by atoms with Crippen LogP contribution in [-0.4, -0.2) is 29.9 Å². The molecule has 25 heavy (non-hydrogen) atoms. The molecule has 0 spiro atoms. The highest BCUT2D eigenvalue weighted by Crippen LogP contribution is 2.28. The summed E-state index contributed by atoms with van der Waals surface area (Å²) in [5.41, 5.74) is 8.47. The topological polar surface area (TPSA) is 75.4 Å². The second-order valence-electron chi connectivity index (χ2n) is 6.01. The van der Waals surface area contributed by atoms with Crippen LogP contribution in [-0.2, 0) is 4.79 Å². The molecule has 3 rings (SSSR count). The van der Waals surface area contributed by atoms with E-state index in [1.54, 1.807) is 0 Å². The average molecular weight is 335 g/mol. The molecule has 0 aromatic heterocycles. The number of imide groups is 1. The number of nitrogens with zero attached hydrogens (tertiary/aromatic N) is 1. The molecule has 2 aromatic rings. The van der Waals surface area contributed by atoms with Crippen molar-refractivity contribution < 1.29 is 9.59 Å². The molecule has 1 aliphatic heterocycles. The number of carbonyl (C=O) groups is 2. The van der Waals surface area contributed by atoms with E-state index in [2.05, 4.69) is 28.4 Å². The second kappa shape index (κ2) is 7.77. The quantitative estimate of drug-likeness (QED) is 0.902. The summed E-state index contributed by atoms with van der Waals surface area (Å²) in [6.07, 6.45) is 2.99. The molecule has 0 radical (unpaired) electrons. The van der Waals surface area contributed by atoms with Gasteiger partial charge in [-0.3, -0.25) is 15.0 Å². The summed E-state index contributed by atoms with van der Waals surface area (Å²) in [5.74, 6) is -0.393. The molecule has 0 saturated heterocycles. The molecule has 0 unspecified atom stereocenters. The van der Waals surface area contributed by atoms with Crippen LogP contribution in [0.2, 0.25) is 0 Å². The predicted molar refractivity (Wildman–Crippen MR) is 97.5 cm³/mol. The fraction of sp³-hybridized carbons (Fsp3) is 0.200. The first-order chi connectivity index (χ1) is 12.1. The van der Waals surface area contributed by atoms with Gasteiger partial charge in [0.15, 0.2) is 0 Å². The van der Waals surface area contributed by atoms with Gasteiger partial charge in [0.05, 0.1) is 0 Å².